The zero-order valence-electron chi connectivity index (χ0n) is 7.29. The Morgan fingerprint density at radius 3 is 2.75 bits per heavy atom. The molecule has 66 valence electrons. The first-order valence-electron chi connectivity index (χ1n) is 3.78. The lowest BCUT2D eigenvalue weighted by atomic mass is 10.0. The second-order valence-corrected chi connectivity index (χ2v) is 3.06. The minimum atomic E-state index is -0.343. The summed E-state index contributed by atoms with van der Waals surface area (Å²) in [6.07, 6.45) is 1.60. The number of carbonyl (C=O) groups excluding carboxylic acids is 1. The molecule has 3 N–H and O–H groups in total. The lowest BCUT2D eigenvalue weighted by Crippen LogP contribution is -2.44. The van der Waals surface area contributed by atoms with Gasteiger partial charge >= 0.3 is 6.03 Å². The number of nitrogens with one attached hydrogen (secondary N) is 1. The fraction of sp³-hybridized carbons (Fsp3) is 0.375. The second kappa shape index (κ2) is 2.98. The minimum absolute atomic E-state index is 0.309. The number of hydrazine groups is 1. The fourth-order valence-corrected chi connectivity index (χ4v) is 1.05. The fourth-order valence-electron chi connectivity index (χ4n) is 1.05. The second-order valence-electron chi connectivity index (χ2n) is 3.06. The molecule has 1 aliphatic heterocycles. The van der Waals surface area contributed by atoms with E-state index in [1.54, 1.807) is 6.20 Å². The Hall–Kier alpha value is -1.29. The molecule has 2 amide bonds. The molecule has 4 heteroatoms. The first kappa shape index (κ1) is 8.80. The van der Waals surface area contributed by atoms with Crippen molar-refractivity contribution in [3.8, 4) is 0 Å². The van der Waals surface area contributed by atoms with Gasteiger partial charge in [-0.2, -0.15) is 0 Å². The largest absolute Gasteiger partial charge is 0.340 e. The van der Waals surface area contributed by atoms with E-state index in [0.717, 1.165) is 10.6 Å². The summed E-state index contributed by atoms with van der Waals surface area (Å²) in [7, 11) is 0. The van der Waals surface area contributed by atoms with Crippen LogP contribution in [-0.4, -0.2) is 11.0 Å². The van der Waals surface area contributed by atoms with Gasteiger partial charge in [-0.15, -0.1) is 0 Å². The van der Waals surface area contributed by atoms with Crippen molar-refractivity contribution < 1.29 is 4.79 Å². The SMILES string of the molecule is C=C1NC(=O)N(N)C=C1C(C)C. The summed E-state index contributed by atoms with van der Waals surface area (Å²) in [5, 5.41) is 3.59. The first-order valence-corrected chi connectivity index (χ1v) is 3.78. The van der Waals surface area contributed by atoms with Crippen LogP contribution in [0.5, 0.6) is 0 Å². The summed E-state index contributed by atoms with van der Waals surface area (Å²) in [6.45, 7) is 7.75. The number of hydrogen-bond donors (Lipinski definition) is 2. The Morgan fingerprint density at radius 1 is 1.67 bits per heavy atom. The van der Waals surface area contributed by atoms with Crippen molar-refractivity contribution in [1.82, 2.24) is 10.3 Å². The Bertz CT molecular complexity index is 255. The Labute approximate surface area is 71.7 Å². The van der Waals surface area contributed by atoms with Crippen molar-refractivity contribution in [3.63, 3.8) is 0 Å². The number of urea groups is 1. The molecule has 0 saturated carbocycles. The van der Waals surface area contributed by atoms with Crippen LogP contribution in [0.3, 0.4) is 0 Å². The molecule has 0 aromatic carbocycles. The smallest absolute Gasteiger partial charge is 0.307 e. The number of rotatable bonds is 1. The molecule has 1 heterocycles. The number of hydrogen-bond acceptors (Lipinski definition) is 2. The summed E-state index contributed by atoms with van der Waals surface area (Å²) in [5.74, 6) is 5.68. The van der Waals surface area contributed by atoms with Crippen LogP contribution in [0.25, 0.3) is 0 Å². The molecule has 1 aliphatic rings. The summed E-state index contributed by atoms with van der Waals surface area (Å²) in [6, 6.07) is -0.343. The van der Waals surface area contributed by atoms with Crippen molar-refractivity contribution in [2.45, 2.75) is 13.8 Å². The van der Waals surface area contributed by atoms with E-state index in [4.69, 9.17) is 5.84 Å². The van der Waals surface area contributed by atoms with Gasteiger partial charge in [0.15, 0.2) is 0 Å². The lowest BCUT2D eigenvalue weighted by molar-refractivity contribution is 0.216. The van der Waals surface area contributed by atoms with Gasteiger partial charge in [-0.25, -0.2) is 15.6 Å². The van der Waals surface area contributed by atoms with Gasteiger partial charge in [-0.3, -0.25) is 0 Å². The maximum atomic E-state index is 11.0. The van der Waals surface area contributed by atoms with Crippen LogP contribution < -0.4 is 11.2 Å². The molecule has 0 unspecified atom stereocenters. The number of nitrogens with zero attached hydrogens (tertiary/aromatic N) is 1. The minimum Gasteiger partial charge on any atom is -0.307 e. The molecule has 0 aromatic rings. The van der Waals surface area contributed by atoms with Gasteiger partial charge in [0.05, 0.1) is 0 Å². The molecule has 0 radical (unpaired) electrons. The van der Waals surface area contributed by atoms with Crippen molar-refractivity contribution in [3.05, 3.63) is 24.0 Å². The van der Waals surface area contributed by atoms with E-state index in [1.807, 2.05) is 13.8 Å². The Balaban J connectivity index is 2.93. The molecule has 0 aliphatic carbocycles. The van der Waals surface area contributed by atoms with Crippen molar-refractivity contribution in [1.29, 1.82) is 0 Å². The molecule has 12 heavy (non-hydrogen) atoms. The molecule has 0 bridgehead atoms. The average Bonchev–Trinajstić information content (AvgIpc) is 1.96. The Kier molecular flexibility index (Phi) is 2.19. The maximum Gasteiger partial charge on any atom is 0.340 e. The highest BCUT2D eigenvalue weighted by atomic mass is 16.2. The molecule has 0 atom stereocenters. The normalized spacial score (nSPS) is 18.0. The third-order valence-corrected chi connectivity index (χ3v) is 1.74. The zero-order chi connectivity index (χ0) is 9.30. The number of allylic oxidation sites excluding steroid dienone is 1. The third-order valence-electron chi connectivity index (χ3n) is 1.74. The summed E-state index contributed by atoms with van der Waals surface area (Å²) < 4.78 is 0. The van der Waals surface area contributed by atoms with E-state index >= 15 is 0 Å². The van der Waals surface area contributed by atoms with E-state index < -0.39 is 0 Å². The van der Waals surface area contributed by atoms with Crippen molar-refractivity contribution >= 4 is 6.03 Å². The molecule has 1 rings (SSSR count). The van der Waals surface area contributed by atoms with Crippen LogP contribution >= 0.6 is 0 Å². The molecule has 0 spiro atoms. The van der Waals surface area contributed by atoms with Crippen LogP contribution in [0, 0.1) is 5.92 Å². The lowest BCUT2D eigenvalue weighted by Gasteiger charge is -2.25. The van der Waals surface area contributed by atoms with Crippen LogP contribution in [0.1, 0.15) is 13.8 Å². The van der Waals surface area contributed by atoms with Crippen molar-refractivity contribution in [2.75, 3.05) is 0 Å². The molecule has 0 aromatic heterocycles. The average molecular weight is 167 g/mol. The van der Waals surface area contributed by atoms with Gasteiger partial charge in [-0.05, 0) is 11.5 Å². The summed E-state index contributed by atoms with van der Waals surface area (Å²) in [5.41, 5.74) is 1.59. The molecule has 0 saturated heterocycles. The number of amides is 2. The molecule has 0 fully saturated rings. The van der Waals surface area contributed by atoms with Gasteiger partial charge in [0.25, 0.3) is 0 Å². The number of nitrogens with two attached hydrogens (primary N) is 1. The van der Waals surface area contributed by atoms with Gasteiger partial charge in [-0.1, -0.05) is 20.4 Å². The monoisotopic (exact) mass is 167 g/mol. The summed E-state index contributed by atoms with van der Waals surface area (Å²) in [4.78, 5) is 11.0. The van der Waals surface area contributed by atoms with Crippen LogP contribution in [0.4, 0.5) is 4.79 Å². The highest BCUT2D eigenvalue weighted by molar-refractivity contribution is 5.79. The predicted molar refractivity (Wildman–Crippen MR) is 46.6 cm³/mol. The first-order chi connectivity index (χ1) is 5.52. The van der Waals surface area contributed by atoms with Gasteiger partial charge < -0.3 is 5.32 Å². The third kappa shape index (κ3) is 1.48. The van der Waals surface area contributed by atoms with Gasteiger partial charge in [0.2, 0.25) is 0 Å². The predicted octanol–water partition coefficient (Wildman–Crippen LogP) is 0.939. The summed E-state index contributed by atoms with van der Waals surface area (Å²) >= 11 is 0. The van der Waals surface area contributed by atoms with Gasteiger partial charge in [0.1, 0.15) is 0 Å². The standard InChI is InChI=1S/C8H13N3O/c1-5(2)7-4-11(9)8(12)10-6(7)3/h4-5H,3,9H2,1-2H3,(H,10,12). The Morgan fingerprint density at radius 2 is 2.25 bits per heavy atom. The topological polar surface area (TPSA) is 58.4 Å². The van der Waals surface area contributed by atoms with E-state index in [1.165, 1.54) is 0 Å². The number of carbonyl (C=O) groups is 1. The highest BCUT2D eigenvalue weighted by Gasteiger charge is 2.19. The van der Waals surface area contributed by atoms with E-state index in [9.17, 15) is 4.79 Å². The van der Waals surface area contributed by atoms with E-state index in [-0.39, 0.29) is 6.03 Å². The quantitative estimate of drug-likeness (QED) is 0.451. The van der Waals surface area contributed by atoms with E-state index in [2.05, 4.69) is 11.9 Å². The molecular weight excluding hydrogens is 154 g/mol. The highest BCUT2D eigenvalue weighted by Crippen LogP contribution is 2.19. The zero-order valence-corrected chi connectivity index (χ0v) is 7.29. The van der Waals surface area contributed by atoms with Crippen LogP contribution in [-0.2, 0) is 0 Å². The molecule has 4 nitrogen and oxygen atoms in total. The van der Waals surface area contributed by atoms with E-state index in [0.29, 0.717) is 11.6 Å². The van der Waals surface area contributed by atoms with Gasteiger partial charge in [0, 0.05) is 11.9 Å². The van der Waals surface area contributed by atoms with Crippen LogP contribution in [0.2, 0.25) is 0 Å². The maximum absolute atomic E-state index is 11.0. The van der Waals surface area contributed by atoms with Crippen LogP contribution in [0.15, 0.2) is 24.0 Å². The molecular formula is C8H13N3O. The van der Waals surface area contributed by atoms with Crippen molar-refractivity contribution in [2.24, 2.45) is 11.8 Å².